The van der Waals surface area contributed by atoms with E-state index in [0.717, 1.165) is 69.6 Å². The van der Waals surface area contributed by atoms with E-state index in [1.807, 2.05) is 0 Å². The van der Waals surface area contributed by atoms with E-state index in [4.69, 9.17) is 14.2 Å². The lowest BCUT2D eigenvalue weighted by Gasteiger charge is -2.18. The zero-order valence-corrected chi connectivity index (χ0v) is 39.0. The molecule has 6 heteroatoms. The van der Waals surface area contributed by atoms with Crippen LogP contribution in [0.25, 0.3) is 0 Å². The summed E-state index contributed by atoms with van der Waals surface area (Å²) in [6.07, 6.45) is 43.8. The highest BCUT2D eigenvalue weighted by molar-refractivity contribution is 5.71. The van der Waals surface area contributed by atoms with Gasteiger partial charge in [-0.15, -0.1) is 0 Å². The van der Waals surface area contributed by atoms with Crippen LogP contribution in [0.3, 0.4) is 0 Å². The van der Waals surface area contributed by atoms with Gasteiger partial charge in [-0.2, -0.15) is 0 Å². The normalized spacial score (nSPS) is 12.1. The molecule has 0 rings (SSSR count). The van der Waals surface area contributed by atoms with Crippen molar-refractivity contribution >= 4 is 17.9 Å². The minimum absolute atomic E-state index is 0.0643. The number of rotatable bonds is 45. The Morgan fingerprint density at radius 1 is 0.333 bits per heavy atom. The van der Waals surface area contributed by atoms with E-state index >= 15 is 0 Å². The fourth-order valence-electron chi connectivity index (χ4n) is 7.64. The zero-order chi connectivity index (χ0) is 41.9. The number of carbonyl (C=O) groups is 3. The van der Waals surface area contributed by atoms with Crippen LogP contribution in [0.5, 0.6) is 0 Å². The second kappa shape index (κ2) is 44.0. The van der Waals surface area contributed by atoms with Crippen LogP contribution >= 0.6 is 0 Å². The Hall–Kier alpha value is -1.59. The lowest BCUT2D eigenvalue weighted by atomic mass is 10.0. The lowest BCUT2D eigenvalue weighted by Crippen LogP contribution is -2.30. The minimum Gasteiger partial charge on any atom is -0.462 e. The Kier molecular flexibility index (Phi) is 42.7. The van der Waals surface area contributed by atoms with E-state index in [1.165, 1.54) is 167 Å². The highest BCUT2D eigenvalue weighted by atomic mass is 16.6. The first kappa shape index (κ1) is 55.4. The average Bonchev–Trinajstić information content (AvgIpc) is 3.18. The highest BCUT2D eigenvalue weighted by Crippen LogP contribution is 2.17. The van der Waals surface area contributed by atoms with E-state index in [1.54, 1.807) is 0 Å². The van der Waals surface area contributed by atoms with Crippen molar-refractivity contribution in [2.45, 2.75) is 285 Å². The van der Waals surface area contributed by atoms with Gasteiger partial charge in [-0.1, -0.05) is 240 Å². The van der Waals surface area contributed by atoms with Crippen molar-refractivity contribution in [1.82, 2.24) is 0 Å². The zero-order valence-electron chi connectivity index (χ0n) is 39.0. The molecule has 338 valence electrons. The molecular weight excluding hydrogens is 709 g/mol. The fourth-order valence-corrected chi connectivity index (χ4v) is 7.64. The highest BCUT2D eigenvalue weighted by Gasteiger charge is 2.19. The average molecular weight is 807 g/mol. The van der Waals surface area contributed by atoms with Gasteiger partial charge >= 0.3 is 17.9 Å². The van der Waals surface area contributed by atoms with Crippen molar-refractivity contribution < 1.29 is 28.6 Å². The SMILES string of the molecule is CCCCCCCCCCCCCCCCCC(=O)OC[C@H](COC(=O)CCCCCCCCCCCC(C)C)OC(=O)CCCCCCCCCCCC(C)C. The second-order valence-corrected chi connectivity index (χ2v) is 18.4. The number of esters is 3. The molecule has 0 aromatic carbocycles. The molecule has 6 nitrogen and oxygen atoms in total. The molecule has 0 spiro atoms. The Balaban J connectivity index is 4.31. The van der Waals surface area contributed by atoms with Crippen molar-refractivity contribution in [3.8, 4) is 0 Å². The van der Waals surface area contributed by atoms with Crippen LogP contribution in [0.15, 0.2) is 0 Å². The first-order chi connectivity index (χ1) is 27.7. The Labute approximate surface area is 355 Å². The molecular formula is C51H98O6. The Bertz CT molecular complexity index is 870. The first-order valence-electron chi connectivity index (χ1n) is 25.2. The van der Waals surface area contributed by atoms with Crippen LogP contribution in [-0.4, -0.2) is 37.2 Å². The predicted octanol–water partition coefficient (Wildman–Crippen LogP) is 16.1. The summed E-state index contributed by atoms with van der Waals surface area (Å²) in [5.41, 5.74) is 0. The maximum Gasteiger partial charge on any atom is 0.306 e. The monoisotopic (exact) mass is 807 g/mol. The van der Waals surface area contributed by atoms with Crippen molar-refractivity contribution in [2.24, 2.45) is 11.8 Å². The van der Waals surface area contributed by atoms with Gasteiger partial charge in [0.1, 0.15) is 13.2 Å². The van der Waals surface area contributed by atoms with E-state index in [9.17, 15) is 14.4 Å². The van der Waals surface area contributed by atoms with Gasteiger partial charge in [-0.05, 0) is 31.1 Å². The molecule has 0 heterocycles. The van der Waals surface area contributed by atoms with Crippen LogP contribution in [0.1, 0.15) is 279 Å². The maximum atomic E-state index is 12.7. The van der Waals surface area contributed by atoms with Crippen LogP contribution in [-0.2, 0) is 28.6 Å². The molecule has 0 amide bonds. The quantitative estimate of drug-likeness (QED) is 0.0346. The summed E-state index contributed by atoms with van der Waals surface area (Å²) in [7, 11) is 0. The summed E-state index contributed by atoms with van der Waals surface area (Å²) in [6.45, 7) is 11.3. The van der Waals surface area contributed by atoms with Gasteiger partial charge in [0, 0.05) is 19.3 Å². The third-order valence-corrected chi connectivity index (χ3v) is 11.5. The topological polar surface area (TPSA) is 78.9 Å². The van der Waals surface area contributed by atoms with Crippen molar-refractivity contribution in [3.05, 3.63) is 0 Å². The van der Waals surface area contributed by atoms with Gasteiger partial charge < -0.3 is 14.2 Å². The summed E-state index contributed by atoms with van der Waals surface area (Å²) in [5, 5.41) is 0. The molecule has 1 atom stereocenters. The largest absolute Gasteiger partial charge is 0.462 e. The first-order valence-corrected chi connectivity index (χ1v) is 25.2. The molecule has 0 aliphatic rings. The second-order valence-electron chi connectivity index (χ2n) is 18.4. The van der Waals surface area contributed by atoms with Gasteiger partial charge in [0.2, 0.25) is 0 Å². The van der Waals surface area contributed by atoms with Gasteiger partial charge in [-0.3, -0.25) is 14.4 Å². The van der Waals surface area contributed by atoms with Gasteiger partial charge in [-0.25, -0.2) is 0 Å². The van der Waals surface area contributed by atoms with Gasteiger partial charge in [0.25, 0.3) is 0 Å². The number of hydrogen-bond acceptors (Lipinski definition) is 6. The molecule has 0 bridgehead atoms. The summed E-state index contributed by atoms with van der Waals surface area (Å²) >= 11 is 0. The molecule has 0 aliphatic heterocycles. The standard InChI is InChI=1S/C51H98O6/c1-6-7-8-9-10-11-12-13-14-15-16-21-26-31-36-41-49(52)55-44-48(57-51(54)43-38-33-28-23-18-20-25-30-35-40-47(4)5)45-56-50(53)42-37-32-27-22-17-19-24-29-34-39-46(2)3/h46-48H,6-45H2,1-5H3/t48-/m1/s1. The summed E-state index contributed by atoms with van der Waals surface area (Å²) in [4.78, 5) is 37.9. The third kappa shape index (κ3) is 45.3. The summed E-state index contributed by atoms with van der Waals surface area (Å²) < 4.78 is 16.8. The molecule has 57 heavy (non-hydrogen) atoms. The molecule has 0 N–H and O–H groups in total. The number of ether oxygens (including phenoxy) is 3. The molecule has 0 saturated heterocycles. The number of carbonyl (C=O) groups excluding carboxylic acids is 3. The van der Waals surface area contributed by atoms with E-state index in [0.29, 0.717) is 19.3 Å². The van der Waals surface area contributed by atoms with E-state index in [2.05, 4.69) is 34.6 Å². The van der Waals surface area contributed by atoms with Gasteiger partial charge in [0.15, 0.2) is 6.10 Å². The molecule has 0 aromatic heterocycles. The minimum atomic E-state index is -0.761. The fraction of sp³-hybridized carbons (Fsp3) is 0.941. The molecule has 0 aliphatic carbocycles. The molecule has 0 aromatic rings. The van der Waals surface area contributed by atoms with E-state index < -0.39 is 6.10 Å². The number of unbranched alkanes of at least 4 members (excludes halogenated alkanes) is 30. The van der Waals surface area contributed by atoms with Gasteiger partial charge in [0.05, 0.1) is 0 Å². The maximum absolute atomic E-state index is 12.7. The lowest BCUT2D eigenvalue weighted by molar-refractivity contribution is -0.167. The molecule has 0 unspecified atom stereocenters. The van der Waals surface area contributed by atoms with Crippen molar-refractivity contribution in [2.75, 3.05) is 13.2 Å². The summed E-state index contributed by atoms with van der Waals surface area (Å²) in [6, 6.07) is 0. The van der Waals surface area contributed by atoms with Crippen molar-refractivity contribution in [1.29, 1.82) is 0 Å². The molecule has 0 radical (unpaired) electrons. The van der Waals surface area contributed by atoms with Crippen LogP contribution < -0.4 is 0 Å². The Morgan fingerprint density at radius 3 is 0.860 bits per heavy atom. The molecule has 0 fully saturated rings. The van der Waals surface area contributed by atoms with E-state index in [-0.39, 0.29) is 31.1 Å². The Morgan fingerprint density at radius 2 is 0.579 bits per heavy atom. The molecule has 0 saturated carbocycles. The smallest absolute Gasteiger partial charge is 0.306 e. The van der Waals surface area contributed by atoms with Crippen LogP contribution in [0.2, 0.25) is 0 Å². The predicted molar refractivity (Wildman–Crippen MR) is 243 cm³/mol. The number of hydrogen-bond donors (Lipinski definition) is 0. The summed E-state index contributed by atoms with van der Waals surface area (Å²) in [5.74, 6) is 0.763. The van der Waals surface area contributed by atoms with Crippen LogP contribution in [0.4, 0.5) is 0 Å². The van der Waals surface area contributed by atoms with Crippen molar-refractivity contribution in [3.63, 3.8) is 0 Å². The van der Waals surface area contributed by atoms with Crippen LogP contribution in [0, 0.1) is 11.8 Å². The third-order valence-electron chi connectivity index (χ3n) is 11.5.